The van der Waals surface area contributed by atoms with E-state index in [4.69, 9.17) is 0 Å². The summed E-state index contributed by atoms with van der Waals surface area (Å²) in [4.78, 5) is 20.3. The summed E-state index contributed by atoms with van der Waals surface area (Å²) in [6.45, 7) is 0. The zero-order chi connectivity index (χ0) is 15.0. The van der Waals surface area contributed by atoms with Gasteiger partial charge in [0, 0.05) is 17.7 Å². The predicted octanol–water partition coefficient (Wildman–Crippen LogP) is 2.87. The number of hydrogen-bond acceptors (Lipinski definition) is 6. The molecule has 21 heavy (non-hydrogen) atoms. The molecule has 0 aromatic heterocycles. The number of non-ortho nitro benzene ring substituents is 1. The fourth-order valence-corrected chi connectivity index (χ4v) is 2.67. The Bertz CT molecular complexity index is 683. The van der Waals surface area contributed by atoms with Crippen LogP contribution < -0.4 is 5.43 Å². The normalized spacial score (nSPS) is 24.5. The number of hydrogen-bond donors (Lipinski definition) is 1. The molecule has 0 amide bonds. The standard InChI is InChI=1S/C13H12N4O4/c18-16(19)9-4-5-11(13(7-9)17(20)21)14-15-12-6-8-2-1-3-10(8)12/h1,3-5,7-8,10,14H,2,6H2. The molecule has 0 saturated heterocycles. The zero-order valence-corrected chi connectivity index (χ0v) is 10.9. The number of allylic oxidation sites excluding steroid dienone is 2. The Morgan fingerprint density at radius 1 is 1.24 bits per heavy atom. The molecule has 2 aliphatic carbocycles. The Balaban J connectivity index is 1.82. The van der Waals surface area contributed by atoms with Crippen LogP contribution in [0.3, 0.4) is 0 Å². The highest BCUT2D eigenvalue weighted by atomic mass is 16.6. The third-order valence-corrected chi connectivity index (χ3v) is 3.86. The Labute approximate surface area is 119 Å². The Hall–Kier alpha value is -2.77. The number of hydrazone groups is 1. The largest absolute Gasteiger partial charge is 0.301 e. The highest BCUT2D eigenvalue weighted by Crippen LogP contribution is 2.40. The van der Waals surface area contributed by atoms with Crippen LogP contribution in [0, 0.1) is 32.1 Å². The fourth-order valence-electron chi connectivity index (χ4n) is 2.67. The SMILES string of the molecule is O=[N+]([O-])c1ccc(NN=C2CC3CC=CC23)c([N+](=O)[O-])c1. The summed E-state index contributed by atoms with van der Waals surface area (Å²) in [6.07, 6.45) is 6.15. The molecule has 0 heterocycles. The van der Waals surface area contributed by atoms with Crippen LogP contribution in [0.25, 0.3) is 0 Å². The van der Waals surface area contributed by atoms with Gasteiger partial charge in [0.25, 0.3) is 5.69 Å². The summed E-state index contributed by atoms with van der Waals surface area (Å²) in [5.74, 6) is 0.937. The van der Waals surface area contributed by atoms with Gasteiger partial charge in [-0.05, 0) is 24.8 Å². The van der Waals surface area contributed by atoms with E-state index in [0.29, 0.717) is 11.8 Å². The van der Waals surface area contributed by atoms with Gasteiger partial charge in [0.2, 0.25) is 0 Å². The lowest BCUT2D eigenvalue weighted by Crippen LogP contribution is -2.33. The first-order valence-electron chi connectivity index (χ1n) is 6.48. The van der Waals surface area contributed by atoms with Crippen molar-refractivity contribution in [3.05, 3.63) is 50.6 Å². The Kier molecular flexibility index (Phi) is 3.13. The quantitative estimate of drug-likeness (QED) is 0.520. The molecule has 0 aliphatic heterocycles. The van der Waals surface area contributed by atoms with Crippen molar-refractivity contribution in [2.75, 3.05) is 5.43 Å². The number of fused-ring (bicyclic) bond motifs is 1. The van der Waals surface area contributed by atoms with Crippen molar-refractivity contribution in [3.8, 4) is 0 Å². The van der Waals surface area contributed by atoms with E-state index >= 15 is 0 Å². The summed E-state index contributed by atoms with van der Waals surface area (Å²) in [5, 5.41) is 25.9. The van der Waals surface area contributed by atoms with Crippen molar-refractivity contribution < 1.29 is 9.85 Å². The van der Waals surface area contributed by atoms with E-state index in [0.717, 1.165) is 24.6 Å². The molecule has 108 valence electrons. The van der Waals surface area contributed by atoms with E-state index in [2.05, 4.69) is 22.7 Å². The smallest absolute Gasteiger partial charge is 0.272 e. The summed E-state index contributed by atoms with van der Waals surface area (Å²) < 4.78 is 0. The lowest BCUT2D eigenvalue weighted by Gasteiger charge is -2.31. The minimum atomic E-state index is -0.664. The maximum absolute atomic E-state index is 11.0. The Morgan fingerprint density at radius 3 is 2.71 bits per heavy atom. The molecule has 1 N–H and O–H groups in total. The number of rotatable bonds is 4. The molecule has 0 spiro atoms. The van der Waals surface area contributed by atoms with Crippen molar-refractivity contribution in [2.24, 2.45) is 16.9 Å². The van der Waals surface area contributed by atoms with Crippen molar-refractivity contribution >= 4 is 22.8 Å². The second kappa shape index (κ2) is 4.97. The topological polar surface area (TPSA) is 111 Å². The number of benzene rings is 1. The van der Waals surface area contributed by atoms with E-state index in [9.17, 15) is 20.2 Å². The summed E-state index contributed by atoms with van der Waals surface area (Å²) in [7, 11) is 0. The van der Waals surface area contributed by atoms with Gasteiger partial charge in [-0.3, -0.25) is 25.7 Å². The highest BCUT2D eigenvalue weighted by Gasteiger charge is 2.37. The Morgan fingerprint density at radius 2 is 2.05 bits per heavy atom. The van der Waals surface area contributed by atoms with E-state index in [1.807, 2.05) is 0 Å². The first-order chi connectivity index (χ1) is 10.1. The van der Waals surface area contributed by atoms with Crippen LogP contribution in [0.4, 0.5) is 17.1 Å². The van der Waals surface area contributed by atoms with Crippen molar-refractivity contribution in [2.45, 2.75) is 12.8 Å². The third kappa shape index (κ3) is 2.35. The second-order valence-corrected chi connectivity index (χ2v) is 5.08. The minimum absolute atomic E-state index is 0.156. The molecule has 8 nitrogen and oxygen atoms in total. The maximum Gasteiger partial charge on any atom is 0.301 e. The molecule has 2 aliphatic rings. The molecule has 8 heteroatoms. The van der Waals surface area contributed by atoms with Crippen LogP contribution in [-0.2, 0) is 0 Å². The molecule has 1 aromatic rings. The van der Waals surface area contributed by atoms with E-state index in [-0.39, 0.29) is 17.1 Å². The summed E-state index contributed by atoms with van der Waals surface area (Å²) >= 11 is 0. The van der Waals surface area contributed by atoms with Gasteiger partial charge in [0.1, 0.15) is 5.69 Å². The average Bonchev–Trinajstić information content (AvgIpc) is 2.80. The van der Waals surface area contributed by atoms with Gasteiger partial charge in [0.15, 0.2) is 0 Å². The number of nitrogens with zero attached hydrogens (tertiary/aromatic N) is 3. The molecule has 1 fully saturated rings. The maximum atomic E-state index is 11.0. The lowest BCUT2D eigenvalue weighted by molar-refractivity contribution is -0.393. The molecular formula is C13H12N4O4. The van der Waals surface area contributed by atoms with Crippen LogP contribution in [0.5, 0.6) is 0 Å². The van der Waals surface area contributed by atoms with Gasteiger partial charge in [0.05, 0.1) is 15.9 Å². The van der Waals surface area contributed by atoms with Crippen molar-refractivity contribution in [3.63, 3.8) is 0 Å². The van der Waals surface area contributed by atoms with Gasteiger partial charge in [-0.25, -0.2) is 0 Å². The van der Waals surface area contributed by atoms with Gasteiger partial charge in [-0.15, -0.1) is 0 Å². The van der Waals surface area contributed by atoms with Gasteiger partial charge < -0.3 is 0 Å². The van der Waals surface area contributed by atoms with Gasteiger partial charge in [-0.2, -0.15) is 5.10 Å². The number of nitro groups is 2. The summed E-state index contributed by atoms with van der Waals surface area (Å²) in [6, 6.07) is 3.46. The number of nitrogens with one attached hydrogen (secondary N) is 1. The van der Waals surface area contributed by atoms with Crippen LogP contribution in [0.1, 0.15) is 12.8 Å². The molecule has 1 saturated carbocycles. The van der Waals surface area contributed by atoms with E-state index in [1.54, 1.807) is 0 Å². The molecule has 3 rings (SSSR count). The molecule has 2 unspecified atom stereocenters. The predicted molar refractivity (Wildman–Crippen MR) is 76.2 cm³/mol. The van der Waals surface area contributed by atoms with Crippen LogP contribution in [0.2, 0.25) is 0 Å². The monoisotopic (exact) mass is 288 g/mol. The van der Waals surface area contributed by atoms with E-state index in [1.165, 1.54) is 12.1 Å². The molecular weight excluding hydrogens is 276 g/mol. The van der Waals surface area contributed by atoms with Crippen LogP contribution >= 0.6 is 0 Å². The second-order valence-electron chi connectivity index (χ2n) is 5.08. The lowest BCUT2D eigenvalue weighted by atomic mass is 9.74. The average molecular weight is 288 g/mol. The third-order valence-electron chi connectivity index (χ3n) is 3.86. The van der Waals surface area contributed by atoms with Gasteiger partial charge in [-0.1, -0.05) is 12.2 Å². The molecule has 0 radical (unpaired) electrons. The summed E-state index contributed by atoms with van der Waals surface area (Å²) in [5.41, 5.74) is 3.11. The van der Waals surface area contributed by atoms with Crippen molar-refractivity contribution in [1.29, 1.82) is 0 Å². The number of anilines is 1. The zero-order valence-electron chi connectivity index (χ0n) is 10.9. The first-order valence-corrected chi connectivity index (χ1v) is 6.48. The van der Waals surface area contributed by atoms with Crippen molar-refractivity contribution in [1.82, 2.24) is 0 Å². The number of nitro benzene ring substituents is 2. The molecule has 1 aromatic carbocycles. The minimum Gasteiger partial charge on any atom is -0.272 e. The van der Waals surface area contributed by atoms with E-state index < -0.39 is 9.85 Å². The van der Waals surface area contributed by atoms with Gasteiger partial charge >= 0.3 is 5.69 Å². The van der Waals surface area contributed by atoms with Crippen LogP contribution in [-0.4, -0.2) is 15.6 Å². The highest BCUT2D eigenvalue weighted by molar-refractivity contribution is 5.95. The van der Waals surface area contributed by atoms with Crippen LogP contribution in [0.15, 0.2) is 35.5 Å². The first kappa shape index (κ1) is 13.2. The molecule has 2 atom stereocenters. The fraction of sp³-hybridized carbons (Fsp3) is 0.308. The molecule has 0 bridgehead atoms.